The van der Waals surface area contributed by atoms with Crippen molar-refractivity contribution in [1.82, 2.24) is 0 Å². The van der Waals surface area contributed by atoms with E-state index in [9.17, 15) is 5.26 Å². The van der Waals surface area contributed by atoms with Gasteiger partial charge in [-0.15, -0.1) is 0 Å². The van der Waals surface area contributed by atoms with Crippen LogP contribution in [0.15, 0.2) is 48.5 Å². The Kier molecular flexibility index (Phi) is 4.20. The van der Waals surface area contributed by atoms with Gasteiger partial charge in [0.05, 0.1) is 19.1 Å². The van der Waals surface area contributed by atoms with Crippen LogP contribution in [0.3, 0.4) is 0 Å². The van der Waals surface area contributed by atoms with Gasteiger partial charge in [0.15, 0.2) is 0 Å². The molecule has 19 heavy (non-hydrogen) atoms. The van der Waals surface area contributed by atoms with Crippen molar-refractivity contribution in [2.45, 2.75) is 19.3 Å². The summed E-state index contributed by atoms with van der Waals surface area (Å²) in [4.78, 5) is 0. The number of ether oxygens (including phenoxy) is 1. The molecule has 0 aliphatic rings. The number of nitriles is 1. The highest BCUT2D eigenvalue weighted by atomic mass is 16.5. The van der Waals surface area contributed by atoms with E-state index in [0.717, 1.165) is 23.3 Å². The van der Waals surface area contributed by atoms with Crippen LogP contribution in [0.5, 0.6) is 5.75 Å². The maximum absolute atomic E-state index is 9.36. The van der Waals surface area contributed by atoms with Crippen molar-refractivity contribution in [3.8, 4) is 11.8 Å². The maximum Gasteiger partial charge on any atom is 0.118 e. The summed E-state index contributed by atoms with van der Waals surface area (Å²) >= 11 is 0. The van der Waals surface area contributed by atoms with Gasteiger partial charge in [0.25, 0.3) is 0 Å². The molecule has 96 valence electrons. The van der Waals surface area contributed by atoms with Crippen LogP contribution in [-0.4, -0.2) is 7.11 Å². The Morgan fingerprint density at radius 3 is 2.47 bits per heavy atom. The summed E-state index contributed by atoms with van der Waals surface area (Å²) < 4.78 is 5.14. The molecule has 2 rings (SSSR count). The maximum atomic E-state index is 9.36. The number of aryl methyl sites for hydroxylation is 1. The number of benzene rings is 2. The Labute approximate surface area is 114 Å². The number of methoxy groups -OCH3 is 1. The zero-order valence-electron chi connectivity index (χ0n) is 11.3. The molecule has 0 heterocycles. The molecule has 2 aromatic carbocycles. The second kappa shape index (κ2) is 6.06. The molecule has 0 amide bonds. The Bertz CT molecular complexity index is 581. The van der Waals surface area contributed by atoms with Gasteiger partial charge in [-0.05, 0) is 36.6 Å². The predicted octanol–water partition coefficient (Wildman–Crippen LogP) is 3.85. The largest absolute Gasteiger partial charge is 0.497 e. The minimum atomic E-state index is -0.103. The summed E-state index contributed by atoms with van der Waals surface area (Å²) in [5.74, 6) is 0.737. The van der Waals surface area contributed by atoms with Crippen LogP contribution in [0.4, 0.5) is 0 Å². The topological polar surface area (TPSA) is 33.0 Å². The van der Waals surface area contributed by atoms with Crippen molar-refractivity contribution in [1.29, 1.82) is 5.26 Å². The van der Waals surface area contributed by atoms with Gasteiger partial charge in [-0.2, -0.15) is 5.26 Å². The van der Waals surface area contributed by atoms with E-state index in [1.165, 1.54) is 5.56 Å². The first-order valence-electron chi connectivity index (χ1n) is 6.32. The number of nitrogens with zero attached hydrogens (tertiary/aromatic N) is 1. The molecule has 1 atom stereocenters. The van der Waals surface area contributed by atoms with Gasteiger partial charge in [-0.3, -0.25) is 0 Å². The first kappa shape index (κ1) is 13.2. The summed E-state index contributed by atoms with van der Waals surface area (Å²) in [6.07, 6.45) is 0.726. The molecular formula is C17H17NO. The molecule has 0 N–H and O–H groups in total. The van der Waals surface area contributed by atoms with E-state index < -0.39 is 0 Å². The summed E-state index contributed by atoms with van der Waals surface area (Å²) in [7, 11) is 1.65. The zero-order valence-corrected chi connectivity index (χ0v) is 11.3. The van der Waals surface area contributed by atoms with Gasteiger partial charge in [-0.1, -0.05) is 42.0 Å². The van der Waals surface area contributed by atoms with Crippen LogP contribution in [-0.2, 0) is 6.42 Å². The fourth-order valence-corrected chi connectivity index (χ4v) is 2.12. The van der Waals surface area contributed by atoms with Gasteiger partial charge >= 0.3 is 0 Å². The lowest BCUT2D eigenvalue weighted by Gasteiger charge is -2.10. The third-order valence-corrected chi connectivity index (χ3v) is 3.20. The van der Waals surface area contributed by atoms with Crippen molar-refractivity contribution in [3.63, 3.8) is 0 Å². The van der Waals surface area contributed by atoms with E-state index in [1.54, 1.807) is 7.11 Å². The predicted molar refractivity (Wildman–Crippen MR) is 76.2 cm³/mol. The third kappa shape index (κ3) is 3.35. The average molecular weight is 251 g/mol. The molecule has 0 aromatic heterocycles. The van der Waals surface area contributed by atoms with Gasteiger partial charge in [-0.25, -0.2) is 0 Å². The molecule has 0 saturated heterocycles. The van der Waals surface area contributed by atoms with Crippen molar-refractivity contribution >= 4 is 0 Å². The van der Waals surface area contributed by atoms with E-state index >= 15 is 0 Å². The van der Waals surface area contributed by atoms with E-state index in [4.69, 9.17) is 4.74 Å². The van der Waals surface area contributed by atoms with E-state index in [1.807, 2.05) is 49.4 Å². The molecule has 0 fully saturated rings. The summed E-state index contributed by atoms with van der Waals surface area (Å²) in [5, 5.41) is 9.36. The molecule has 0 spiro atoms. The SMILES string of the molecule is COc1ccc(CC(C#N)c2cccc(C)c2)cc1. The van der Waals surface area contributed by atoms with Crippen LogP contribution >= 0.6 is 0 Å². The molecule has 0 aliphatic heterocycles. The summed E-state index contributed by atoms with van der Waals surface area (Å²) in [5.41, 5.74) is 3.42. The van der Waals surface area contributed by atoms with Gasteiger partial charge in [0.1, 0.15) is 5.75 Å². The fraction of sp³-hybridized carbons (Fsp3) is 0.235. The Morgan fingerprint density at radius 1 is 1.16 bits per heavy atom. The van der Waals surface area contributed by atoms with Crippen molar-refractivity contribution in [2.24, 2.45) is 0 Å². The third-order valence-electron chi connectivity index (χ3n) is 3.20. The van der Waals surface area contributed by atoms with Crippen molar-refractivity contribution in [3.05, 3.63) is 65.2 Å². The van der Waals surface area contributed by atoms with Crippen LogP contribution in [0.2, 0.25) is 0 Å². The normalized spacial score (nSPS) is 11.6. The fourth-order valence-electron chi connectivity index (χ4n) is 2.12. The van der Waals surface area contributed by atoms with E-state index in [0.29, 0.717) is 0 Å². The quantitative estimate of drug-likeness (QED) is 0.826. The zero-order chi connectivity index (χ0) is 13.7. The Hall–Kier alpha value is -2.27. The first-order chi connectivity index (χ1) is 9.22. The smallest absolute Gasteiger partial charge is 0.118 e. The number of hydrogen-bond acceptors (Lipinski definition) is 2. The summed E-state index contributed by atoms with van der Waals surface area (Å²) in [6, 6.07) is 18.4. The Balaban J connectivity index is 2.17. The van der Waals surface area contributed by atoms with Crippen LogP contribution in [0.25, 0.3) is 0 Å². The average Bonchev–Trinajstić information content (AvgIpc) is 2.45. The molecule has 0 aliphatic carbocycles. The minimum absolute atomic E-state index is 0.103. The highest BCUT2D eigenvalue weighted by Crippen LogP contribution is 2.22. The Morgan fingerprint density at radius 2 is 1.89 bits per heavy atom. The lowest BCUT2D eigenvalue weighted by molar-refractivity contribution is 0.414. The standard InChI is InChI=1S/C17H17NO/c1-13-4-3-5-15(10-13)16(12-18)11-14-6-8-17(19-2)9-7-14/h3-10,16H,11H2,1-2H3. The van der Waals surface area contributed by atoms with Gasteiger partial charge in [0, 0.05) is 0 Å². The molecule has 2 heteroatoms. The van der Waals surface area contributed by atoms with E-state index in [-0.39, 0.29) is 5.92 Å². The number of rotatable bonds is 4. The molecule has 0 radical (unpaired) electrons. The highest BCUT2D eigenvalue weighted by molar-refractivity contribution is 5.33. The molecule has 2 aromatic rings. The van der Waals surface area contributed by atoms with E-state index in [2.05, 4.69) is 12.1 Å². The van der Waals surface area contributed by atoms with Crippen molar-refractivity contribution < 1.29 is 4.74 Å². The molecule has 0 saturated carbocycles. The lowest BCUT2D eigenvalue weighted by atomic mass is 9.92. The van der Waals surface area contributed by atoms with Crippen LogP contribution in [0.1, 0.15) is 22.6 Å². The molecular weight excluding hydrogens is 234 g/mol. The second-order valence-corrected chi connectivity index (χ2v) is 4.65. The minimum Gasteiger partial charge on any atom is -0.497 e. The van der Waals surface area contributed by atoms with Crippen LogP contribution < -0.4 is 4.74 Å². The van der Waals surface area contributed by atoms with Gasteiger partial charge in [0.2, 0.25) is 0 Å². The monoisotopic (exact) mass is 251 g/mol. The molecule has 1 unspecified atom stereocenters. The van der Waals surface area contributed by atoms with Crippen LogP contribution in [0, 0.1) is 18.3 Å². The first-order valence-corrected chi connectivity index (χ1v) is 6.32. The lowest BCUT2D eigenvalue weighted by Crippen LogP contribution is -2.00. The highest BCUT2D eigenvalue weighted by Gasteiger charge is 2.11. The van der Waals surface area contributed by atoms with Gasteiger partial charge < -0.3 is 4.74 Å². The second-order valence-electron chi connectivity index (χ2n) is 4.65. The summed E-state index contributed by atoms with van der Waals surface area (Å²) in [6.45, 7) is 2.05. The molecule has 0 bridgehead atoms. The van der Waals surface area contributed by atoms with Crippen molar-refractivity contribution in [2.75, 3.05) is 7.11 Å². The number of hydrogen-bond donors (Lipinski definition) is 0. The molecule has 2 nitrogen and oxygen atoms in total.